The number of halogens is 1. The normalized spacial score (nSPS) is 11.6. The molecule has 0 aliphatic rings. The van der Waals surface area contributed by atoms with E-state index in [4.69, 9.17) is 26.9 Å². The molecule has 120 valence electrons. The zero-order chi connectivity index (χ0) is 16.5. The molecule has 0 saturated carbocycles. The molecule has 2 rings (SSSR count). The summed E-state index contributed by atoms with van der Waals surface area (Å²) in [6.45, 7) is 5.43. The number of rotatable bonds is 5. The monoisotopic (exact) mass is 325 g/mol. The van der Waals surface area contributed by atoms with Crippen molar-refractivity contribution >= 4 is 11.6 Å². The molecule has 22 heavy (non-hydrogen) atoms. The third-order valence-corrected chi connectivity index (χ3v) is 3.44. The number of hydrogen-bond acceptors (Lipinski definition) is 3. The molecule has 1 atom stereocenters. The summed E-state index contributed by atoms with van der Waals surface area (Å²) in [5.41, 5.74) is 1.24. The van der Waals surface area contributed by atoms with Gasteiger partial charge in [-0.3, -0.25) is 0 Å². The predicted molar refractivity (Wildman–Crippen MR) is 84.7 cm³/mol. The molecule has 0 amide bonds. The fraction of sp³-hybridized carbons (Fsp3) is 0.400. The quantitative estimate of drug-likeness (QED) is 0.665. The number of nitrogens with zero attached hydrogens (tertiary/aromatic N) is 3. The van der Waals surface area contributed by atoms with Crippen molar-refractivity contribution in [2.24, 2.45) is 5.92 Å². The van der Waals surface area contributed by atoms with Gasteiger partial charge in [-0.05, 0) is 24.0 Å². The number of benzene rings is 1. The van der Waals surface area contributed by atoms with Gasteiger partial charge in [0.1, 0.15) is 0 Å². The first kappa shape index (κ1) is 18.0. The van der Waals surface area contributed by atoms with Gasteiger partial charge in [0.25, 0.3) is 5.09 Å². The van der Waals surface area contributed by atoms with E-state index < -0.39 is 5.09 Å². The summed E-state index contributed by atoms with van der Waals surface area (Å²) in [5.74, 6) is 1.09. The van der Waals surface area contributed by atoms with Crippen LogP contribution in [0.2, 0.25) is 5.02 Å². The highest BCUT2D eigenvalue weighted by Crippen LogP contribution is 2.30. The molecule has 0 aliphatic heterocycles. The molecule has 1 heterocycles. The Labute approximate surface area is 134 Å². The Hall–Kier alpha value is -2.08. The lowest BCUT2D eigenvalue weighted by molar-refractivity contribution is -0.742. The lowest BCUT2D eigenvalue weighted by atomic mass is 9.90. The average molecular weight is 326 g/mol. The highest BCUT2D eigenvalue weighted by Gasteiger charge is 2.16. The Bertz CT molecular complexity index is 569. The molecule has 0 saturated heterocycles. The summed E-state index contributed by atoms with van der Waals surface area (Å²) in [6.07, 6.45) is 6.81. The number of imidazole rings is 1. The second-order valence-corrected chi connectivity index (χ2v) is 5.75. The van der Waals surface area contributed by atoms with Gasteiger partial charge in [0.2, 0.25) is 0 Å². The first-order valence-corrected chi connectivity index (χ1v) is 7.31. The predicted octanol–water partition coefficient (Wildman–Crippen LogP) is 4.02. The molecule has 1 N–H and O–H groups in total. The molecule has 0 bridgehead atoms. The van der Waals surface area contributed by atoms with Crippen LogP contribution in [-0.4, -0.2) is 19.8 Å². The molecular formula is C15H20ClN3O3. The minimum absolute atomic E-state index is 0.438. The van der Waals surface area contributed by atoms with E-state index in [9.17, 15) is 0 Å². The van der Waals surface area contributed by atoms with Crippen molar-refractivity contribution in [3.63, 3.8) is 0 Å². The highest BCUT2D eigenvalue weighted by atomic mass is 35.5. The van der Waals surface area contributed by atoms with Crippen molar-refractivity contribution < 1.29 is 10.3 Å². The van der Waals surface area contributed by atoms with Crippen LogP contribution >= 0.6 is 11.6 Å². The van der Waals surface area contributed by atoms with E-state index in [-0.39, 0.29) is 0 Å². The third kappa shape index (κ3) is 6.58. The molecule has 2 aromatic rings. The Balaban J connectivity index is 0.000000541. The second-order valence-electron chi connectivity index (χ2n) is 5.35. The molecule has 1 aromatic carbocycles. The first-order chi connectivity index (χ1) is 10.4. The lowest BCUT2D eigenvalue weighted by Gasteiger charge is -2.21. The fourth-order valence-electron chi connectivity index (χ4n) is 2.32. The standard InChI is InChI=1S/C15H19ClN2.HNO3/c1-12(2)9-13(10-18-8-7-17-11-18)14-5-3-4-6-15(14)16;2-1(3)4/h3-8,11-13H,9-10H2,1-2H3;(H,2,3,4). The largest absolute Gasteiger partial charge is 0.337 e. The molecular weight excluding hydrogens is 306 g/mol. The first-order valence-electron chi connectivity index (χ1n) is 6.93. The Morgan fingerprint density at radius 2 is 2.05 bits per heavy atom. The fourth-order valence-corrected chi connectivity index (χ4v) is 2.61. The van der Waals surface area contributed by atoms with Crippen LogP contribution in [-0.2, 0) is 6.54 Å². The summed E-state index contributed by atoms with van der Waals surface area (Å²) in [5, 5.41) is 14.5. The van der Waals surface area contributed by atoms with Gasteiger partial charge in [0, 0.05) is 29.9 Å². The highest BCUT2D eigenvalue weighted by molar-refractivity contribution is 6.31. The molecule has 0 radical (unpaired) electrons. The summed E-state index contributed by atoms with van der Waals surface area (Å²) in [4.78, 5) is 12.5. The van der Waals surface area contributed by atoms with Gasteiger partial charge in [-0.25, -0.2) is 4.98 Å². The third-order valence-electron chi connectivity index (χ3n) is 3.09. The van der Waals surface area contributed by atoms with Crippen molar-refractivity contribution in [3.05, 3.63) is 63.7 Å². The van der Waals surface area contributed by atoms with E-state index in [0.29, 0.717) is 11.8 Å². The van der Waals surface area contributed by atoms with E-state index >= 15 is 0 Å². The van der Waals surface area contributed by atoms with Crippen LogP contribution in [0, 0.1) is 16.0 Å². The van der Waals surface area contributed by atoms with Gasteiger partial charge in [-0.15, -0.1) is 10.1 Å². The Morgan fingerprint density at radius 1 is 1.41 bits per heavy atom. The maximum atomic E-state index is 8.36. The minimum Gasteiger partial charge on any atom is -0.337 e. The van der Waals surface area contributed by atoms with E-state index in [0.717, 1.165) is 18.0 Å². The summed E-state index contributed by atoms with van der Waals surface area (Å²) in [6, 6.07) is 8.14. The number of hydrogen-bond donors (Lipinski definition) is 1. The topological polar surface area (TPSA) is 81.2 Å². The van der Waals surface area contributed by atoms with Gasteiger partial charge in [0.05, 0.1) is 6.33 Å². The van der Waals surface area contributed by atoms with Crippen molar-refractivity contribution in [2.75, 3.05) is 0 Å². The van der Waals surface area contributed by atoms with E-state index in [2.05, 4.69) is 35.5 Å². The van der Waals surface area contributed by atoms with Crippen molar-refractivity contribution in [2.45, 2.75) is 32.7 Å². The van der Waals surface area contributed by atoms with E-state index in [1.54, 1.807) is 0 Å². The van der Waals surface area contributed by atoms with Crippen LogP contribution in [0.3, 0.4) is 0 Å². The molecule has 1 unspecified atom stereocenters. The van der Waals surface area contributed by atoms with Crippen molar-refractivity contribution in [1.29, 1.82) is 0 Å². The van der Waals surface area contributed by atoms with E-state index in [1.807, 2.05) is 30.9 Å². The Morgan fingerprint density at radius 3 is 2.55 bits per heavy atom. The van der Waals surface area contributed by atoms with Crippen LogP contribution in [0.1, 0.15) is 31.7 Å². The van der Waals surface area contributed by atoms with Gasteiger partial charge in [-0.1, -0.05) is 43.6 Å². The van der Waals surface area contributed by atoms with E-state index in [1.165, 1.54) is 5.56 Å². The maximum Gasteiger partial charge on any atom is 0.291 e. The van der Waals surface area contributed by atoms with Crippen LogP contribution in [0.4, 0.5) is 0 Å². The van der Waals surface area contributed by atoms with Gasteiger partial charge in [-0.2, -0.15) is 0 Å². The van der Waals surface area contributed by atoms with Gasteiger partial charge in [0.15, 0.2) is 0 Å². The van der Waals surface area contributed by atoms with Gasteiger partial charge >= 0.3 is 0 Å². The lowest BCUT2D eigenvalue weighted by Crippen LogP contribution is -2.11. The van der Waals surface area contributed by atoms with Crippen LogP contribution < -0.4 is 0 Å². The second kappa shape index (κ2) is 9.04. The van der Waals surface area contributed by atoms with Crippen molar-refractivity contribution in [1.82, 2.24) is 9.55 Å². The molecule has 6 nitrogen and oxygen atoms in total. The molecule has 7 heteroatoms. The van der Waals surface area contributed by atoms with Crippen LogP contribution in [0.15, 0.2) is 43.0 Å². The summed E-state index contributed by atoms with van der Waals surface area (Å²) >= 11 is 6.32. The summed E-state index contributed by atoms with van der Waals surface area (Å²) < 4.78 is 2.12. The van der Waals surface area contributed by atoms with Gasteiger partial charge < -0.3 is 9.77 Å². The molecule has 1 aromatic heterocycles. The molecule has 0 fully saturated rings. The summed E-state index contributed by atoms with van der Waals surface area (Å²) in [7, 11) is 0. The number of aromatic nitrogens is 2. The maximum absolute atomic E-state index is 8.36. The zero-order valence-corrected chi connectivity index (χ0v) is 13.3. The minimum atomic E-state index is -1.50. The average Bonchev–Trinajstić information content (AvgIpc) is 2.90. The Kier molecular flexibility index (Phi) is 7.39. The van der Waals surface area contributed by atoms with Crippen LogP contribution in [0.25, 0.3) is 0 Å². The molecule has 0 spiro atoms. The van der Waals surface area contributed by atoms with Crippen LogP contribution in [0.5, 0.6) is 0 Å². The SMILES string of the molecule is CC(C)CC(Cn1ccnc1)c1ccccc1Cl.O=[N+]([O-])O. The molecule has 0 aliphatic carbocycles. The smallest absolute Gasteiger partial charge is 0.291 e. The van der Waals surface area contributed by atoms with Crippen molar-refractivity contribution in [3.8, 4) is 0 Å². The zero-order valence-electron chi connectivity index (χ0n) is 12.6.